The van der Waals surface area contributed by atoms with Crippen LogP contribution in [-0.4, -0.2) is 0 Å². The molecule has 0 aliphatic heterocycles. The maximum absolute atomic E-state index is 8.60. The van der Waals surface area contributed by atoms with Crippen LogP contribution in [0.1, 0.15) is 30.5 Å². The molecule has 1 aromatic carbocycles. The van der Waals surface area contributed by atoms with Crippen LogP contribution in [0.3, 0.4) is 0 Å². The molecule has 0 spiro atoms. The van der Waals surface area contributed by atoms with Crippen LogP contribution in [0.4, 0.5) is 0 Å². The topological polar surface area (TPSA) is 49.8 Å². The van der Waals surface area contributed by atoms with E-state index in [1.807, 2.05) is 32.9 Å². The number of nitriles is 1. The monoisotopic (exact) mass is 176 g/mol. The lowest BCUT2D eigenvalue weighted by Gasteiger charge is -1.99. The van der Waals surface area contributed by atoms with Crippen molar-refractivity contribution in [1.82, 2.24) is 0 Å². The number of nitrogens with two attached hydrogens (primary N) is 1. The van der Waals surface area contributed by atoms with E-state index in [0.29, 0.717) is 6.54 Å². The molecule has 0 saturated heterocycles. The number of nitrogens with zero attached hydrogens (tertiary/aromatic N) is 1. The second kappa shape index (κ2) is 6.22. The van der Waals surface area contributed by atoms with E-state index < -0.39 is 0 Å². The molecule has 0 aliphatic rings. The van der Waals surface area contributed by atoms with Gasteiger partial charge in [-0.3, -0.25) is 0 Å². The van der Waals surface area contributed by atoms with Gasteiger partial charge in [0.25, 0.3) is 0 Å². The van der Waals surface area contributed by atoms with Gasteiger partial charge in [0, 0.05) is 6.54 Å². The summed E-state index contributed by atoms with van der Waals surface area (Å²) in [6.45, 7) is 6.45. The predicted molar refractivity (Wildman–Crippen MR) is 55.1 cm³/mol. The SMILES string of the molecule is CC.Cc1cc(CN)ccc1C#N. The standard InChI is InChI=1S/C9H10N2.C2H6/c1-7-4-8(5-10)2-3-9(7)6-11;1-2/h2-4H,5,10H2,1H3;1-2H3. The summed E-state index contributed by atoms with van der Waals surface area (Å²) in [5, 5.41) is 8.60. The minimum Gasteiger partial charge on any atom is -0.326 e. The molecule has 0 fully saturated rings. The zero-order valence-electron chi connectivity index (χ0n) is 8.46. The Morgan fingerprint density at radius 2 is 2.00 bits per heavy atom. The Hall–Kier alpha value is -1.33. The van der Waals surface area contributed by atoms with Crippen molar-refractivity contribution < 1.29 is 0 Å². The molecule has 2 N–H and O–H groups in total. The minimum absolute atomic E-state index is 0.534. The first kappa shape index (κ1) is 11.7. The van der Waals surface area contributed by atoms with Gasteiger partial charge in [0.2, 0.25) is 0 Å². The van der Waals surface area contributed by atoms with Crippen molar-refractivity contribution in [3.8, 4) is 6.07 Å². The van der Waals surface area contributed by atoms with Crippen molar-refractivity contribution in [2.45, 2.75) is 27.3 Å². The highest BCUT2D eigenvalue weighted by atomic mass is 14.5. The number of hydrogen-bond acceptors (Lipinski definition) is 2. The third-order valence-corrected chi connectivity index (χ3v) is 1.65. The van der Waals surface area contributed by atoms with Crippen molar-refractivity contribution in [3.63, 3.8) is 0 Å². The summed E-state index contributed by atoms with van der Waals surface area (Å²) in [5.41, 5.74) is 8.22. The summed E-state index contributed by atoms with van der Waals surface area (Å²) in [6.07, 6.45) is 0. The lowest BCUT2D eigenvalue weighted by molar-refractivity contribution is 1.06. The molecule has 0 bridgehead atoms. The van der Waals surface area contributed by atoms with E-state index in [1.54, 1.807) is 6.07 Å². The molecule has 0 aliphatic carbocycles. The maximum Gasteiger partial charge on any atom is 0.0994 e. The highest BCUT2D eigenvalue weighted by Gasteiger charge is 1.96. The van der Waals surface area contributed by atoms with Crippen LogP contribution in [0, 0.1) is 18.3 Å². The average Bonchev–Trinajstić information content (AvgIpc) is 2.20. The highest BCUT2D eigenvalue weighted by molar-refractivity contribution is 5.39. The third-order valence-electron chi connectivity index (χ3n) is 1.65. The molecule has 0 amide bonds. The Balaban J connectivity index is 0.000000671. The second-order valence-electron chi connectivity index (χ2n) is 2.47. The molecule has 2 heteroatoms. The molecule has 1 rings (SSSR count). The van der Waals surface area contributed by atoms with Gasteiger partial charge < -0.3 is 5.73 Å². The van der Waals surface area contributed by atoms with Gasteiger partial charge in [-0.2, -0.15) is 5.26 Å². The van der Waals surface area contributed by atoms with Crippen LogP contribution in [-0.2, 0) is 6.54 Å². The summed E-state index contributed by atoms with van der Waals surface area (Å²) in [6, 6.07) is 7.73. The first-order chi connectivity index (χ1) is 6.27. The van der Waals surface area contributed by atoms with Gasteiger partial charge in [-0.15, -0.1) is 0 Å². The smallest absolute Gasteiger partial charge is 0.0994 e. The summed E-state index contributed by atoms with van der Waals surface area (Å²) in [4.78, 5) is 0. The summed E-state index contributed by atoms with van der Waals surface area (Å²) in [7, 11) is 0. The van der Waals surface area contributed by atoms with Gasteiger partial charge in [0.05, 0.1) is 11.6 Å². The van der Waals surface area contributed by atoms with E-state index in [1.165, 1.54) is 0 Å². The van der Waals surface area contributed by atoms with Crippen LogP contribution in [0.2, 0.25) is 0 Å². The molecular formula is C11H16N2. The molecular weight excluding hydrogens is 160 g/mol. The number of rotatable bonds is 1. The second-order valence-corrected chi connectivity index (χ2v) is 2.47. The van der Waals surface area contributed by atoms with E-state index in [4.69, 9.17) is 11.0 Å². The van der Waals surface area contributed by atoms with Gasteiger partial charge >= 0.3 is 0 Å². The van der Waals surface area contributed by atoms with Gasteiger partial charge in [0.15, 0.2) is 0 Å². The normalized spacial score (nSPS) is 8.23. The van der Waals surface area contributed by atoms with Gasteiger partial charge in [0.1, 0.15) is 0 Å². The molecule has 0 heterocycles. The van der Waals surface area contributed by atoms with Crippen LogP contribution in [0.25, 0.3) is 0 Å². The van der Waals surface area contributed by atoms with Crippen molar-refractivity contribution >= 4 is 0 Å². The van der Waals surface area contributed by atoms with Crippen molar-refractivity contribution in [2.24, 2.45) is 5.73 Å². The fourth-order valence-electron chi connectivity index (χ4n) is 0.978. The molecule has 70 valence electrons. The summed E-state index contributed by atoms with van der Waals surface area (Å²) in [5.74, 6) is 0. The minimum atomic E-state index is 0.534. The number of aryl methyl sites for hydroxylation is 1. The molecule has 0 radical (unpaired) electrons. The van der Waals surface area contributed by atoms with Crippen molar-refractivity contribution in [2.75, 3.05) is 0 Å². The zero-order valence-corrected chi connectivity index (χ0v) is 8.46. The Labute approximate surface area is 80.0 Å². The summed E-state index contributed by atoms with van der Waals surface area (Å²) >= 11 is 0. The molecule has 13 heavy (non-hydrogen) atoms. The Morgan fingerprint density at radius 3 is 2.38 bits per heavy atom. The molecule has 0 saturated carbocycles. The average molecular weight is 176 g/mol. The maximum atomic E-state index is 8.60. The van der Waals surface area contributed by atoms with Crippen molar-refractivity contribution in [1.29, 1.82) is 5.26 Å². The predicted octanol–water partition coefficient (Wildman–Crippen LogP) is 2.35. The van der Waals surface area contributed by atoms with E-state index in [9.17, 15) is 0 Å². The molecule has 1 aromatic rings. The van der Waals surface area contributed by atoms with Gasteiger partial charge in [-0.05, 0) is 24.1 Å². The number of benzene rings is 1. The number of hydrogen-bond donors (Lipinski definition) is 1. The quantitative estimate of drug-likeness (QED) is 0.714. The van der Waals surface area contributed by atoms with E-state index in [2.05, 4.69) is 6.07 Å². The van der Waals surface area contributed by atoms with E-state index in [-0.39, 0.29) is 0 Å². The Kier molecular flexibility index (Phi) is 5.58. The van der Waals surface area contributed by atoms with Crippen LogP contribution < -0.4 is 5.73 Å². The van der Waals surface area contributed by atoms with Crippen molar-refractivity contribution in [3.05, 3.63) is 34.9 Å². The molecule has 0 unspecified atom stereocenters. The highest BCUT2D eigenvalue weighted by Crippen LogP contribution is 2.08. The fraction of sp³-hybridized carbons (Fsp3) is 0.364. The molecule has 2 nitrogen and oxygen atoms in total. The van der Waals surface area contributed by atoms with E-state index in [0.717, 1.165) is 16.7 Å². The lowest BCUT2D eigenvalue weighted by atomic mass is 10.1. The fourth-order valence-corrected chi connectivity index (χ4v) is 0.978. The largest absolute Gasteiger partial charge is 0.326 e. The van der Waals surface area contributed by atoms with Gasteiger partial charge in [-0.1, -0.05) is 26.0 Å². The van der Waals surface area contributed by atoms with Crippen LogP contribution in [0.5, 0.6) is 0 Å². The Morgan fingerprint density at radius 1 is 1.38 bits per heavy atom. The van der Waals surface area contributed by atoms with Gasteiger partial charge in [-0.25, -0.2) is 0 Å². The summed E-state index contributed by atoms with van der Waals surface area (Å²) < 4.78 is 0. The first-order valence-corrected chi connectivity index (χ1v) is 4.47. The van der Waals surface area contributed by atoms with E-state index >= 15 is 0 Å². The zero-order chi connectivity index (χ0) is 10.3. The lowest BCUT2D eigenvalue weighted by Crippen LogP contribution is -1.96. The van der Waals surface area contributed by atoms with Crippen LogP contribution >= 0.6 is 0 Å². The molecule has 0 atom stereocenters. The Bertz CT molecular complexity index is 297. The van der Waals surface area contributed by atoms with Crippen LogP contribution in [0.15, 0.2) is 18.2 Å². The first-order valence-electron chi connectivity index (χ1n) is 4.47. The molecule has 0 aromatic heterocycles. The third kappa shape index (κ3) is 3.27.